The molecular weight excluding hydrogens is 212 g/mol. The summed E-state index contributed by atoms with van der Waals surface area (Å²) in [6.07, 6.45) is 10.1. The van der Waals surface area contributed by atoms with E-state index in [-0.39, 0.29) is 16.6 Å². The number of ether oxygens (including phenoxy) is 2. The first kappa shape index (κ1) is 11.7. The summed E-state index contributed by atoms with van der Waals surface area (Å²) in [4.78, 5) is 0. The fraction of sp³-hybridized carbons (Fsp3) is 0.867. The zero-order valence-electron chi connectivity index (χ0n) is 11.5. The Morgan fingerprint density at radius 2 is 1.71 bits per heavy atom. The molecule has 3 aliphatic rings. The zero-order valence-corrected chi connectivity index (χ0v) is 11.5. The maximum atomic E-state index is 5.92. The van der Waals surface area contributed by atoms with E-state index in [1.165, 1.54) is 0 Å². The summed E-state index contributed by atoms with van der Waals surface area (Å²) in [7, 11) is 0. The first-order valence-corrected chi connectivity index (χ1v) is 6.86. The van der Waals surface area contributed by atoms with Gasteiger partial charge in [-0.3, -0.25) is 0 Å². The third-order valence-corrected chi connectivity index (χ3v) is 4.78. The van der Waals surface area contributed by atoms with Crippen molar-refractivity contribution in [1.29, 1.82) is 0 Å². The number of allylic oxidation sites excluding steroid dienone is 1. The van der Waals surface area contributed by atoms with Gasteiger partial charge >= 0.3 is 0 Å². The highest BCUT2D eigenvalue weighted by molar-refractivity contribution is 5.12. The van der Waals surface area contributed by atoms with Crippen molar-refractivity contribution < 1.29 is 9.47 Å². The summed E-state index contributed by atoms with van der Waals surface area (Å²) in [5.74, 6) is 0. The molecule has 0 spiro atoms. The molecule has 17 heavy (non-hydrogen) atoms. The van der Waals surface area contributed by atoms with Gasteiger partial charge in [-0.2, -0.15) is 0 Å². The SMILES string of the molecule is CC1(C)/C=C/C[C@@]2(C)O[C@@H]2CC[C@@]2(C)O[C@@H]2C1. The molecular formula is C15H24O2. The van der Waals surface area contributed by atoms with E-state index >= 15 is 0 Å². The van der Waals surface area contributed by atoms with E-state index in [0.29, 0.717) is 12.2 Å². The number of fused-ring (bicyclic) bond motifs is 2. The molecule has 0 bridgehead atoms. The van der Waals surface area contributed by atoms with Crippen LogP contribution in [0.4, 0.5) is 0 Å². The lowest BCUT2D eigenvalue weighted by atomic mass is 9.84. The predicted molar refractivity (Wildman–Crippen MR) is 67.9 cm³/mol. The molecule has 4 atom stereocenters. The molecule has 3 rings (SSSR count). The zero-order chi connectivity index (χ0) is 12.3. The molecule has 2 heteroatoms. The van der Waals surface area contributed by atoms with Crippen LogP contribution in [0.15, 0.2) is 12.2 Å². The van der Waals surface area contributed by atoms with E-state index in [9.17, 15) is 0 Å². The van der Waals surface area contributed by atoms with Gasteiger partial charge in [0.1, 0.15) is 0 Å². The number of hydrogen-bond donors (Lipinski definition) is 0. The van der Waals surface area contributed by atoms with Gasteiger partial charge in [0.25, 0.3) is 0 Å². The minimum absolute atomic E-state index is 0.109. The van der Waals surface area contributed by atoms with Crippen LogP contribution in [0.2, 0.25) is 0 Å². The molecule has 0 radical (unpaired) electrons. The van der Waals surface area contributed by atoms with Crippen LogP contribution in [0, 0.1) is 5.41 Å². The summed E-state index contributed by atoms with van der Waals surface area (Å²) in [5, 5.41) is 0. The van der Waals surface area contributed by atoms with E-state index in [4.69, 9.17) is 9.47 Å². The molecule has 0 saturated carbocycles. The first-order chi connectivity index (χ1) is 7.83. The summed E-state index contributed by atoms with van der Waals surface area (Å²) in [6.45, 7) is 9.10. The molecule has 0 unspecified atom stereocenters. The van der Waals surface area contributed by atoms with Crippen LogP contribution in [-0.2, 0) is 9.47 Å². The van der Waals surface area contributed by atoms with Crippen molar-refractivity contribution in [2.75, 3.05) is 0 Å². The Balaban J connectivity index is 1.77. The van der Waals surface area contributed by atoms with E-state index in [1.54, 1.807) is 0 Å². The van der Waals surface area contributed by atoms with E-state index < -0.39 is 0 Å². The lowest BCUT2D eigenvalue weighted by molar-refractivity contribution is 0.267. The molecule has 96 valence electrons. The van der Waals surface area contributed by atoms with E-state index in [1.807, 2.05) is 0 Å². The quantitative estimate of drug-likeness (QED) is 0.475. The molecule has 0 amide bonds. The van der Waals surface area contributed by atoms with Crippen molar-refractivity contribution in [2.45, 2.75) is 76.8 Å². The van der Waals surface area contributed by atoms with Crippen LogP contribution in [-0.4, -0.2) is 23.4 Å². The highest BCUT2D eigenvalue weighted by Crippen LogP contribution is 2.51. The average molecular weight is 236 g/mol. The molecule has 0 N–H and O–H groups in total. The Morgan fingerprint density at radius 3 is 2.47 bits per heavy atom. The standard InChI is InChI=1S/C15H24O2/c1-13(2)7-5-8-14(3)11(16-14)6-9-15(4)12(10-13)17-15/h5,7,11-12H,6,8-10H2,1-4H3/b7-5+/t11-,12-,14-,15-/m1/s1. The Labute approximate surface area is 104 Å². The molecule has 2 nitrogen and oxygen atoms in total. The van der Waals surface area contributed by atoms with Crippen LogP contribution in [0.3, 0.4) is 0 Å². The second-order valence-corrected chi connectivity index (χ2v) is 7.18. The van der Waals surface area contributed by atoms with Gasteiger partial charge < -0.3 is 9.47 Å². The third-order valence-electron chi connectivity index (χ3n) is 4.78. The number of hydrogen-bond acceptors (Lipinski definition) is 2. The fourth-order valence-corrected chi connectivity index (χ4v) is 3.18. The normalized spacial score (nSPS) is 53.9. The molecule has 1 aliphatic carbocycles. The summed E-state index contributed by atoms with van der Waals surface area (Å²) in [6, 6.07) is 0. The molecule has 0 aromatic carbocycles. The van der Waals surface area contributed by atoms with Crippen LogP contribution in [0.25, 0.3) is 0 Å². The summed E-state index contributed by atoms with van der Waals surface area (Å²) in [5.41, 5.74) is 0.480. The van der Waals surface area contributed by atoms with Gasteiger partial charge in [0.15, 0.2) is 0 Å². The summed E-state index contributed by atoms with van der Waals surface area (Å²) >= 11 is 0. The monoisotopic (exact) mass is 236 g/mol. The number of rotatable bonds is 0. The highest BCUT2D eigenvalue weighted by Gasteiger charge is 2.57. The fourth-order valence-electron chi connectivity index (χ4n) is 3.18. The van der Waals surface area contributed by atoms with Crippen molar-refractivity contribution in [3.05, 3.63) is 12.2 Å². The Morgan fingerprint density at radius 1 is 1.00 bits per heavy atom. The largest absolute Gasteiger partial charge is 0.366 e. The maximum absolute atomic E-state index is 5.92. The van der Waals surface area contributed by atoms with Crippen molar-refractivity contribution >= 4 is 0 Å². The lowest BCUT2D eigenvalue weighted by Crippen LogP contribution is -2.17. The third kappa shape index (κ3) is 2.17. The van der Waals surface area contributed by atoms with Gasteiger partial charge in [0.05, 0.1) is 23.4 Å². The Bertz CT molecular complexity index is 360. The van der Waals surface area contributed by atoms with Gasteiger partial charge in [0, 0.05) is 0 Å². The van der Waals surface area contributed by atoms with Crippen molar-refractivity contribution in [3.8, 4) is 0 Å². The number of epoxide rings is 2. The minimum Gasteiger partial charge on any atom is -0.366 e. The molecule has 0 aromatic heterocycles. The second kappa shape index (κ2) is 3.36. The minimum atomic E-state index is 0.109. The van der Waals surface area contributed by atoms with Gasteiger partial charge in [0.2, 0.25) is 0 Å². The van der Waals surface area contributed by atoms with Crippen LogP contribution in [0.1, 0.15) is 53.4 Å². The lowest BCUT2D eigenvalue weighted by Gasteiger charge is -2.19. The van der Waals surface area contributed by atoms with E-state index in [0.717, 1.165) is 25.7 Å². The van der Waals surface area contributed by atoms with Crippen LogP contribution in [0.5, 0.6) is 0 Å². The topological polar surface area (TPSA) is 25.1 Å². The van der Waals surface area contributed by atoms with Gasteiger partial charge in [-0.15, -0.1) is 0 Å². The molecule has 2 fully saturated rings. The van der Waals surface area contributed by atoms with Crippen molar-refractivity contribution in [2.24, 2.45) is 5.41 Å². The highest BCUT2D eigenvalue weighted by atomic mass is 16.6. The molecule has 2 saturated heterocycles. The van der Waals surface area contributed by atoms with Gasteiger partial charge in [-0.1, -0.05) is 26.0 Å². The molecule has 2 aliphatic heterocycles. The molecule has 0 aromatic rings. The van der Waals surface area contributed by atoms with Crippen molar-refractivity contribution in [1.82, 2.24) is 0 Å². The smallest absolute Gasteiger partial charge is 0.0954 e. The van der Waals surface area contributed by atoms with Crippen LogP contribution < -0.4 is 0 Å². The first-order valence-electron chi connectivity index (χ1n) is 6.86. The van der Waals surface area contributed by atoms with Crippen LogP contribution >= 0.6 is 0 Å². The van der Waals surface area contributed by atoms with Gasteiger partial charge in [-0.05, 0) is 44.9 Å². The Hall–Kier alpha value is -0.340. The van der Waals surface area contributed by atoms with Gasteiger partial charge in [-0.25, -0.2) is 0 Å². The average Bonchev–Trinajstić information content (AvgIpc) is 3.01. The predicted octanol–water partition coefficient (Wildman–Crippen LogP) is 3.46. The van der Waals surface area contributed by atoms with E-state index in [2.05, 4.69) is 39.8 Å². The van der Waals surface area contributed by atoms with Crippen molar-refractivity contribution in [3.63, 3.8) is 0 Å². The Kier molecular flexibility index (Phi) is 2.32. The second-order valence-electron chi connectivity index (χ2n) is 7.18. The summed E-state index contributed by atoms with van der Waals surface area (Å²) < 4.78 is 11.8. The molecule has 2 heterocycles. The maximum Gasteiger partial charge on any atom is 0.0954 e.